The zero-order valence-corrected chi connectivity index (χ0v) is 14.8. The standard InChI is InChI=1S/C22H20O4/c1-24-20-13-10-18(14-21(20)25-2)22(23)17-8-11-19(12-9-17)26-15-16-6-4-3-5-7-16/h3-14H,15H2,1-2H3. The van der Waals surface area contributed by atoms with E-state index >= 15 is 0 Å². The molecule has 0 aliphatic heterocycles. The number of hydrogen-bond acceptors (Lipinski definition) is 4. The molecular weight excluding hydrogens is 328 g/mol. The number of carbonyl (C=O) groups is 1. The van der Waals surface area contributed by atoms with Crippen LogP contribution in [0.2, 0.25) is 0 Å². The average Bonchev–Trinajstić information content (AvgIpc) is 2.72. The van der Waals surface area contributed by atoms with Crippen molar-refractivity contribution in [2.75, 3.05) is 14.2 Å². The van der Waals surface area contributed by atoms with Crippen LogP contribution in [0.25, 0.3) is 0 Å². The van der Waals surface area contributed by atoms with E-state index in [9.17, 15) is 4.79 Å². The Balaban J connectivity index is 1.70. The van der Waals surface area contributed by atoms with Crippen LogP contribution in [0.3, 0.4) is 0 Å². The molecule has 0 unspecified atom stereocenters. The van der Waals surface area contributed by atoms with Crippen LogP contribution in [0, 0.1) is 0 Å². The first-order valence-electron chi connectivity index (χ1n) is 8.25. The quantitative estimate of drug-likeness (QED) is 0.589. The monoisotopic (exact) mass is 348 g/mol. The summed E-state index contributed by atoms with van der Waals surface area (Å²) in [4.78, 5) is 12.7. The van der Waals surface area contributed by atoms with Gasteiger partial charge in [-0.2, -0.15) is 0 Å². The van der Waals surface area contributed by atoms with Crippen molar-refractivity contribution in [3.63, 3.8) is 0 Å². The molecule has 0 spiro atoms. The molecule has 0 atom stereocenters. The minimum Gasteiger partial charge on any atom is -0.493 e. The number of hydrogen-bond donors (Lipinski definition) is 0. The van der Waals surface area contributed by atoms with Crippen LogP contribution in [0.1, 0.15) is 21.5 Å². The van der Waals surface area contributed by atoms with Crippen molar-refractivity contribution in [1.29, 1.82) is 0 Å². The molecule has 0 aliphatic rings. The van der Waals surface area contributed by atoms with Gasteiger partial charge in [0.2, 0.25) is 0 Å². The maximum absolute atomic E-state index is 12.7. The number of ether oxygens (including phenoxy) is 3. The SMILES string of the molecule is COc1ccc(C(=O)c2ccc(OCc3ccccc3)cc2)cc1OC. The van der Waals surface area contributed by atoms with E-state index in [-0.39, 0.29) is 5.78 Å². The van der Waals surface area contributed by atoms with Gasteiger partial charge in [-0.05, 0) is 48.0 Å². The van der Waals surface area contributed by atoms with Gasteiger partial charge in [-0.3, -0.25) is 4.79 Å². The van der Waals surface area contributed by atoms with Gasteiger partial charge >= 0.3 is 0 Å². The van der Waals surface area contributed by atoms with E-state index in [0.717, 1.165) is 11.3 Å². The Morgan fingerprint density at radius 2 is 1.42 bits per heavy atom. The van der Waals surface area contributed by atoms with E-state index in [0.29, 0.717) is 29.2 Å². The maximum Gasteiger partial charge on any atom is 0.193 e. The highest BCUT2D eigenvalue weighted by Gasteiger charge is 2.13. The lowest BCUT2D eigenvalue weighted by atomic mass is 10.0. The summed E-state index contributed by atoms with van der Waals surface area (Å²) in [6, 6.07) is 22.2. The second-order valence-corrected chi connectivity index (χ2v) is 5.70. The van der Waals surface area contributed by atoms with Crippen molar-refractivity contribution < 1.29 is 19.0 Å². The summed E-state index contributed by atoms with van der Waals surface area (Å²) in [5, 5.41) is 0. The molecule has 0 amide bonds. The third kappa shape index (κ3) is 4.03. The molecule has 3 aromatic rings. The Labute approximate surface area is 153 Å². The van der Waals surface area contributed by atoms with Gasteiger partial charge in [0, 0.05) is 11.1 Å². The average molecular weight is 348 g/mol. The Bertz CT molecular complexity index is 870. The zero-order valence-electron chi connectivity index (χ0n) is 14.8. The maximum atomic E-state index is 12.7. The number of rotatable bonds is 7. The highest BCUT2D eigenvalue weighted by atomic mass is 16.5. The highest BCUT2D eigenvalue weighted by Crippen LogP contribution is 2.28. The van der Waals surface area contributed by atoms with Gasteiger partial charge in [-0.1, -0.05) is 30.3 Å². The van der Waals surface area contributed by atoms with Crippen LogP contribution >= 0.6 is 0 Å². The van der Waals surface area contributed by atoms with Crippen molar-refractivity contribution in [3.8, 4) is 17.2 Å². The fourth-order valence-corrected chi connectivity index (χ4v) is 2.59. The fraction of sp³-hybridized carbons (Fsp3) is 0.136. The summed E-state index contributed by atoms with van der Waals surface area (Å²) >= 11 is 0. The number of ketones is 1. The molecular formula is C22H20O4. The number of methoxy groups -OCH3 is 2. The molecule has 4 heteroatoms. The van der Waals surface area contributed by atoms with Crippen molar-refractivity contribution in [2.45, 2.75) is 6.61 Å². The molecule has 3 rings (SSSR count). The second-order valence-electron chi connectivity index (χ2n) is 5.70. The largest absolute Gasteiger partial charge is 0.493 e. The molecule has 4 nitrogen and oxygen atoms in total. The Kier molecular flexibility index (Phi) is 5.54. The van der Waals surface area contributed by atoms with Crippen LogP contribution < -0.4 is 14.2 Å². The molecule has 0 aliphatic carbocycles. The summed E-state index contributed by atoms with van der Waals surface area (Å²) in [6.45, 7) is 0.490. The first kappa shape index (κ1) is 17.5. The van der Waals surface area contributed by atoms with Crippen molar-refractivity contribution in [2.24, 2.45) is 0 Å². The van der Waals surface area contributed by atoms with E-state index < -0.39 is 0 Å². The van der Waals surface area contributed by atoms with Gasteiger partial charge in [0.15, 0.2) is 17.3 Å². The third-order valence-electron chi connectivity index (χ3n) is 4.01. The van der Waals surface area contributed by atoms with Crippen LogP contribution in [0.5, 0.6) is 17.2 Å². The Morgan fingerprint density at radius 3 is 2.08 bits per heavy atom. The predicted molar refractivity (Wildman–Crippen MR) is 100 cm³/mol. The van der Waals surface area contributed by atoms with Crippen LogP contribution in [0.15, 0.2) is 72.8 Å². The first-order chi connectivity index (χ1) is 12.7. The third-order valence-corrected chi connectivity index (χ3v) is 4.01. The van der Waals surface area contributed by atoms with Crippen molar-refractivity contribution in [1.82, 2.24) is 0 Å². The van der Waals surface area contributed by atoms with Gasteiger partial charge in [0.1, 0.15) is 12.4 Å². The first-order valence-corrected chi connectivity index (χ1v) is 8.25. The Hall–Kier alpha value is -3.27. The molecule has 3 aromatic carbocycles. The van der Waals surface area contributed by atoms with Crippen molar-refractivity contribution >= 4 is 5.78 Å². The molecule has 0 heterocycles. The molecule has 132 valence electrons. The summed E-state index contributed by atoms with van der Waals surface area (Å²) in [5.74, 6) is 1.76. The van der Waals surface area contributed by atoms with Crippen molar-refractivity contribution in [3.05, 3.63) is 89.5 Å². The smallest absolute Gasteiger partial charge is 0.193 e. The lowest BCUT2D eigenvalue weighted by molar-refractivity contribution is 0.103. The summed E-state index contributed by atoms with van der Waals surface area (Å²) < 4.78 is 16.2. The lowest BCUT2D eigenvalue weighted by Gasteiger charge is -2.10. The van der Waals surface area contributed by atoms with E-state index in [1.807, 2.05) is 30.3 Å². The van der Waals surface area contributed by atoms with E-state index in [1.54, 1.807) is 56.7 Å². The molecule has 0 bridgehead atoms. The topological polar surface area (TPSA) is 44.8 Å². The van der Waals surface area contributed by atoms with Crippen LogP contribution in [-0.2, 0) is 6.61 Å². The highest BCUT2D eigenvalue weighted by molar-refractivity contribution is 6.09. The van der Waals surface area contributed by atoms with Gasteiger partial charge in [0.05, 0.1) is 14.2 Å². The van der Waals surface area contributed by atoms with Gasteiger partial charge in [-0.25, -0.2) is 0 Å². The van der Waals surface area contributed by atoms with E-state index in [2.05, 4.69) is 0 Å². The minimum absolute atomic E-state index is 0.0828. The molecule has 0 fully saturated rings. The van der Waals surface area contributed by atoms with Gasteiger partial charge in [0.25, 0.3) is 0 Å². The van der Waals surface area contributed by atoms with Crippen LogP contribution in [-0.4, -0.2) is 20.0 Å². The molecule has 0 radical (unpaired) electrons. The summed E-state index contributed by atoms with van der Waals surface area (Å²) in [7, 11) is 3.11. The predicted octanol–water partition coefficient (Wildman–Crippen LogP) is 4.51. The molecule has 0 saturated carbocycles. The summed E-state index contributed by atoms with van der Waals surface area (Å²) in [5.41, 5.74) is 2.22. The fourth-order valence-electron chi connectivity index (χ4n) is 2.59. The minimum atomic E-state index is -0.0828. The zero-order chi connectivity index (χ0) is 18.4. The molecule has 0 saturated heterocycles. The summed E-state index contributed by atoms with van der Waals surface area (Å²) in [6.07, 6.45) is 0. The molecule has 0 N–H and O–H groups in total. The normalized spacial score (nSPS) is 10.2. The van der Waals surface area contributed by atoms with E-state index in [4.69, 9.17) is 14.2 Å². The lowest BCUT2D eigenvalue weighted by Crippen LogP contribution is -2.03. The van der Waals surface area contributed by atoms with Gasteiger partial charge in [-0.15, -0.1) is 0 Å². The van der Waals surface area contributed by atoms with Crippen LogP contribution in [0.4, 0.5) is 0 Å². The number of benzene rings is 3. The van der Waals surface area contributed by atoms with E-state index in [1.165, 1.54) is 0 Å². The number of carbonyl (C=O) groups excluding carboxylic acids is 1. The second kappa shape index (κ2) is 8.21. The molecule has 0 aromatic heterocycles. The molecule has 26 heavy (non-hydrogen) atoms. The Morgan fingerprint density at radius 1 is 0.769 bits per heavy atom. The van der Waals surface area contributed by atoms with Gasteiger partial charge < -0.3 is 14.2 Å².